The highest BCUT2D eigenvalue weighted by atomic mass is 32.1. The molecule has 1 aliphatic heterocycles. The van der Waals surface area contributed by atoms with Gasteiger partial charge in [-0.05, 0) is 12.8 Å². The van der Waals surface area contributed by atoms with E-state index in [0.29, 0.717) is 22.9 Å². The number of aliphatic hydroxyl groups excluding tert-OH is 2. The monoisotopic (exact) mass is 351 g/mol. The number of nitrogen functional groups attached to an aromatic ring is 1. The summed E-state index contributed by atoms with van der Waals surface area (Å²) in [5, 5.41) is 19.2. The van der Waals surface area contributed by atoms with E-state index in [0.717, 1.165) is 31.5 Å². The molecule has 0 amide bonds. The summed E-state index contributed by atoms with van der Waals surface area (Å²) in [5.41, 5.74) is 7.10. The number of hydrogen-bond acceptors (Lipinski definition) is 8. The summed E-state index contributed by atoms with van der Waals surface area (Å²) in [5.74, 6) is 1.48. The van der Waals surface area contributed by atoms with Crippen LogP contribution in [0.3, 0.4) is 0 Å². The van der Waals surface area contributed by atoms with Crippen LogP contribution in [0, 0.1) is 0 Å². The predicted octanol–water partition coefficient (Wildman–Crippen LogP) is 0.615. The van der Waals surface area contributed by atoms with Gasteiger partial charge in [-0.3, -0.25) is 4.57 Å². The zero-order valence-corrected chi connectivity index (χ0v) is 14.0. The number of nitrogens with two attached hydrogens (primary N) is 1. The Morgan fingerprint density at radius 3 is 2.75 bits per heavy atom. The third-order valence-electron chi connectivity index (χ3n) is 5.02. The lowest BCUT2D eigenvalue weighted by Gasteiger charge is -2.21. The van der Waals surface area contributed by atoms with E-state index in [1.54, 1.807) is 0 Å². The van der Waals surface area contributed by atoms with Crippen LogP contribution in [0.5, 0.6) is 0 Å². The SMILES string of the molecule is Nc1ncnc2c1nc(C1CCCC1)n2[C@@H]1O[C@H](CO)[C@@H](O)[C@H]1S. The molecular formula is C15H21N5O3S. The molecule has 2 aliphatic rings. The highest BCUT2D eigenvalue weighted by molar-refractivity contribution is 7.81. The number of fused-ring (bicyclic) bond motifs is 1. The third-order valence-corrected chi connectivity index (χ3v) is 5.59. The molecule has 3 heterocycles. The van der Waals surface area contributed by atoms with Gasteiger partial charge in [-0.25, -0.2) is 15.0 Å². The number of rotatable bonds is 3. The van der Waals surface area contributed by atoms with Gasteiger partial charge in [0, 0.05) is 5.92 Å². The fourth-order valence-electron chi connectivity index (χ4n) is 3.76. The molecule has 0 unspecified atom stereocenters. The number of imidazole rings is 1. The Morgan fingerprint density at radius 1 is 1.33 bits per heavy atom. The Labute approximate surface area is 144 Å². The number of ether oxygens (including phenoxy) is 1. The van der Waals surface area contributed by atoms with Crippen LogP contribution < -0.4 is 5.73 Å². The minimum absolute atomic E-state index is 0.267. The fraction of sp³-hybridized carbons (Fsp3) is 0.667. The molecule has 0 radical (unpaired) electrons. The quantitative estimate of drug-likeness (QED) is 0.598. The molecule has 0 spiro atoms. The molecule has 1 saturated carbocycles. The van der Waals surface area contributed by atoms with Crippen molar-refractivity contribution in [3.8, 4) is 0 Å². The molecule has 2 fully saturated rings. The molecule has 2 aromatic rings. The van der Waals surface area contributed by atoms with Crippen LogP contribution in [0.4, 0.5) is 5.82 Å². The van der Waals surface area contributed by atoms with Crippen molar-refractivity contribution < 1.29 is 14.9 Å². The Kier molecular flexibility index (Phi) is 4.11. The molecule has 4 N–H and O–H groups in total. The molecule has 8 nitrogen and oxygen atoms in total. The average molecular weight is 351 g/mol. The van der Waals surface area contributed by atoms with Crippen molar-refractivity contribution in [3.63, 3.8) is 0 Å². The molecule has 0 bridgehead atoms. The number of hydrogen-bond donors (Lipinski definition) is 4. The Morgan fingerprint density at radius 2 is 2.08 bits per heavy atom. The van der Waals surface area contributed by atoms with Gasteiger partial charge in [0.25, 0.3) is 0 Å². The number of nitrogens with zero attached hydrogens (tertiary/aromatic N) is 4. The van der Waals surface area contributed by atoms with Crippen molar-refractivity contribution in [1.29, 1.82) is 0 Å². The van der Waals surface area contributed by atoms with E-state index in [4.69, 9.17) is 15.5 Å². The van der Waals surface area contributed by atoms with E-state index >= 15 is 0 Å². The van der Waals surface area contributed by atoms with Crippen LogP contribution in [0.25, 0.3) is 11.2 Å². The maximum atomic E-state index is 10.3. The second kappa shape index (κ2) is 6.14. The van der Waals surface area contributed by atoms with Crippen LogP contribution in [-0.2, 0) is 4.74 Å². The summed E-state index contributed by atoms with van der Waals surface area (Å²) < 4.78 is 7.76. The lowest BCUT2D eigenvalue weighted by atomic mass is 10.1. The molecular weight excluding hydrogens is 330 g/mol. The summed E-state index contributed by atoms with van der Waals surface area (Å²) in [6.45, 7) is -0.267. The largest absolute Gasteiger partial charge is 0.394 e. The summed E-state index contributed by atoms with van der Waals surface area (Å²) >= 11 is 4.51. The van der Waals surface area contributed by atoms with Crippen LogP contribution >= 0.6 is 12.6 Å². The van der Waals surface area contributed by atoms with E-state index in [1.807, 2.05) is 4.57 Å². The second-order valence-electron chi connectivity index (χ2n) is 6.48. The molecule has 1 aliphatic carbocycles. The molecule has 2 aromatic heterocycles. The van der Waals surface area contributed by atoms with Gasteiger partial charge in [-0.1, -0.05) is 12.8 Å². The van der Waals surface area contributed by atoms with E-state index < -0.39 is 23.7 Å². The predicted molar refractivity (Wildman–Crippen MR) is 90.7 cm³/mol. The fourth-order valence-corrected chi connectivity index (χ4v) is 4.15. The highest BCUT2D eigenvalue weighted by Crippen LogP contribution is 2.41. The minimum atomic E-state index is -0.864. The number of aliphatic hydroxyl groups is 2. The summed E-state index contributed by atoms with van der Waals surface area (Å²) in [6, 6.07) is 0. The van der Waals surface area contributed by atoms with Gasteiger partial charge in [0.1, 0.15) is 18.3 Å². The lowest BCUT2D eigenvalue weighted by molar-refractivity contribution is -0.0441. The first kappa shape index (κ1) is 16.1. The van der Waals surface area contributed by atoms with Gasteiger partial charge in [0.05, 0.1) is 18.0 Å². The van der Waals surface area contributed by atoms with Gasteiger partial charge in [0.15, 0.2) is 23.2 Å². The van der Waals surface area contributed by atoms with Crippen molar-refractivity contribution in [1.82, 2.24) is 19.5 Å². The van der Waals surface area contributed by atoms with Gasteiger partial charge >= 0.3 is 0 Å². The smallest absolute Gasteiger partial charge is 0.167 e. The zero-order valence-electron chi connectivity index (χ0n) is 13.1. The second-order valence-corrected chi connectivity index (χ2v) is 7.08. The van der Waals surface area contributed by atoms with Crippen LogP contribution in [0.2, 0.25) is 0 Å². The van der Waals surface area contributed by atoms with E-state index in [9.17, 15) is 10.2 Å². The van der Waals surface area contributed by atoms with E-state index in [2.05, 4.69) is 22.6 Å². The number of aromatic nitrogens is 4. The van der Waals surface area contributed by atoms with E-state index in [-0.39, 0.29) is 6.61 Å². The topological polar surface area (TPSA) is 119 Å². The molecule has 4 atom stereocenters. The Hall–Kier alpha value is -1.42. The number of anilines is 1. The Balaban J connectivity index is 1.86. The first-order valence-electron chi connectivity index (χ1n) is 8.22. The number of thiol groups is 1. The lowest BCUT2D eigenvalue weighted by Crippen LogP contribution is -2.30. The first-order chi connectivity index (χ1) is 11.6. The molecule has 0 aromatic carbocycles. The molecule has 9 heteroatoms. The van der Waals surface area contributed by atoms with Crippen molar-refractivity contribution in [2.24, 2.45) is 0 Å². The molecule has 4 rings (SSSR count). The standard InChI is InChI=1S/C15H21N5O3S/c16-12-9-14(18-6-17-12)20(13(19-9)7-3-1-2-4-7)15-11(24)10(22)8(5-21)23-15/h6-8,10-11,15,21-22,24H,1-5H2,(H2,16,17,18)/t8-,10-,11-,15-/m1/s1. The van der Waals surface area contributed by atoms with Gasteiger partial charge in [-0.2, -0.15) is 12.6 Å². The zero-order chi connectivity index (χ0) is 16.8. The van der Waals surface area contributed by atoms with Crippen molar-refractivity contribution in [3.05, 3.63) is 12.2 Å². The third kappa shape index (κ3) is 2.38. The normalized spacial score (nSPS) is 31.3. The molecule has 24 heavy (non-hydrogen) atoms. The average Bonchev–Trinajstić information content (AvgIpc) is 3.27. The van der Waals surface area contributed by atoms with Crippen molar-refractivity contribution in [2.75, 3.05) is 12.3 Å². The van der Waals surface area contributed by atoms with E-state index in [1.165, 1.54) is 6.33 Å². The molecule has 130 valence electrons. The van der Waals surface area contributed by atoms with Gasteiger partial charge < -0.3 is 20.7 Å². The highest BCUT2D eigenvalue weighted by Gasteiger charge is 2.44. The maximum Gasteiger partial charge on any atom is 0.167 e. The Bertz CT molecular complexity index is 748. The van der Waals surface area contributed by atoms with Crippen molar-refractivity contribution in [2.45, 2.75) is 55.3 Å². The minimum Gasteiger partial charge on any atom is -0.394 e. The van der Waals surface area contributed by atoms with Crippen LogP contribution in [0.15, 0.2) is 6.33 Å². The summed E-state index contributed by atoms with van der Waals surface area (Å²) in [4.78, 5) is 13.1. The molecule has 1 saturated heterocycles. The van der Waals surface area contributed by atoms with Crippen LogP contribution in [-0.4, -0.2) is 53.8 Å². The summed E-state index contributed by atoms with van der Waals surface area (Å²) in [7, 11) is 0. The maximum absolute atomic E-state index is 10.3. The van der Waals surface area contributed by atoms with Gasteiger partial charge in [0.2, 0.25) is 0 Å². The van der Waals surface area contributed by atoms with Crippen LogP contribution in [0.1, 0.15) is 43.7 Å². The van der Waals surface area contributed by atoms with Gasteiger partial charge in [-0.15, -0.1) is 0 Å². The van der Waals surface area contributed by atoms with Crippen molar-refractivity contribution >= 4 is 29.6 Å². The summed E-state index contributed by atoms with van der Waals surface area (Å²) in [6.07, 6.45) is 3.72. The first-order valence-corrected chi connectivity index (χ1v) is 8.74.